The van der Waals surface area contributed by atoms with E-state index in [0.29, 0.717) is 23.4 Å². The van der Waals surface area contributed by atoms with Crippen LogP contribution in [0.25, 0.3) is 10.2 Å². The van der Waals surface area contributed by atoms with Gasteiger partial charge in [0.05, 0.1) is 10.6 Å². The minimum Gasteiger partial charge on any atom is -0.309 e. The van der Waals surface area contributed by atoms with Crippen LogP contribution in [0.2, 0.25) is 0 Å². The van der Waals surface area contributed by atoms with E-state index in [1.54, 1.807) is 15.9 Å². The third-order valence-corrected chi connectivity index (χ3v) is 7.27. The molecule has 0 spiro atoms. The van der Waals surface area contributed by atoms with Crippen molar-refractivity contribution in [1.82, 2.24) is 24.7 Å². The summed E-state index contributed by atoms with van der Waals surface area (Å²) in [6.45, 7) is 6.86. The molecule has 3 heterocycles. The zero-order valence-electron chi connectivity index (χ0n) is 15.7. The molecule has 3 aromatic heterocycles. The lowest BCUT2D eigenvalue weighted by molar-refractivity contribution is 0.509. The lowest BCUT2D eigenvalue weighted by Crippen LogP contribution is -2.18. The van der Waals surface area contributed by atoms with Crippen molar-refractivity contribution in [3.63, 3.8) is 0 Å². The van der Waals surface area contributed by atoms with E-state index in [1.165, 1.54) is 22.2 Å². The number of thiophene rings is 1. The van der Waals surface area contributed by atoms with E-state index in [4.69, 9.17) is 4.98 Å². The topological polar surface area (TPSA) is 96.4 Å². The minimum atomic E-state index is -0.205. The van der Waals surface area contributed by atoms with Crippen LogP contribution in [-0.4, -0.2) is 24.7 Å². The molecule has 0 bridgehead atoms. The smallest absolute Gasteiger partial charge is 0.309 e. The maximum absolute atomic E-state index is 12.8. The molecule has 1 aliphatic carbocycles. The van der Waals surface area contributed by atoms with Gasteiger partial charge in [0.25, 0.3) is 5.56 Å². The molecule has 0 fully saturated rings. The fourth-order valence-electron chi connectivity index (χ4n) is 3.59. The largest absolute Gasteiger partial charge is 0.343 e. The number of aromatic nitrogens is 5. The number of rotatable bonds is 5. The highest BCUT2D eigenvalue weighted by molar-refractivity contribution is 7.99. The fourth-order valence-corrected chi connectivity index (χ4v) is 5.92. The molecule has 0 aliphatic heterocycles. The zero-order chi connectivity index (χ0) is 19.1. The highest BCUT2D eigenvalue weighted by Crippen LogP contribution is 2.37. The Labute approximate surface area is 164 Å². The predicted molar refractivity (Wildman–Crippen MR) is 109 cm³/mol. The van der Waals surface area contributed by atoms with Crippen LogP contribution in [0.15, 0.2) is 14.7 Å². The Morgan fingerprint density at radius 3 is 3.00 bits per heavy atom. The standard InChI is InChI=1S/C18H23N5O2S2/c1-4-7-23-17(25)21-22-18(23)26-10(3)14-19-15(24)13-11-6-5-9(2)8-12(11)27-16(13)20-14/h9-10H,4-8H2,1-3H3,(H,21,25)(H,19,20,24)/t9-,10-/m1/s1. The molecule has 9 heteroatoms. The molecule has 0 aromatic carbocycles. The number of aromatic amines is 2. The molecule has 0 saturated heterocycles. The van der Waals surface area contributed by atoms with E-state index >= 15 is 0 Å². The van der Waals surface area contributed by atoms with E-state index in [9.17, 15) is 9.59 Å². The summed E-state index contributed by atoms with van der Waals surface area (Å²) >= 11 is 3.08. The van der Waals surface area contributed by atoms with Gasteiger partial charge in [0.1, 0.15) is 10.7 Å². The lowest BCUT2D eigenvalue weighted by atomic mass is 9.89. The summed E-state index contributed by atoms with van der Waals surface area (Å²) < 4.78 is 1.63. The number of aryl methyl sites for hydroxylation is 1. The van der Waals surface area contributed by atoms with Crippen LogP contribution in [0, 0.1) is 5.92 Å². The summed E-state index contributed by atoms with van der Waals surface area (Å²) in [4.78, 5) is 34.5. The fraction of sp³-hybridized carbons (Fsp3) is 0.556. The Hall–Kier alpha value is -1.87. The number of fused-ring (bicyclic) bond motifs is 3. The average Bonchev–Trinajstić information content (AvgIpc) is 3.16. The van der Waals surface area contributed by atoms with Gasteiger partial charge in [-0.25, -0.2) is 14.9 Å². The highest BCUT2D eigenvalue weighted by atomic mass is 32.2. The van der Waals surface area contributed by atoms with Gasteiger partial charge >= 0.3 is 5.69 Å². The van der Waals surface area contributed by atoms with Gasteiger partial charge < -0.3 is 4.98 Å². The summed E-state index contributed by atoms with van der Waals surface area (Å²) in [6, 6.07) is 0. The van der Waals surface area contributed by atoms with Gasteiger partial charge in [-0.05, 0) is 44.1 Å². The van der Waals surface area contributed by atoms with Crippen molar-refractivity contribution in [1.29, 1.82) is 0 Å². The van der Waals surface area contributed by atoms with Crippen molar-refractivity contribution < 1.29 is 0 Å². The SMILES string of the molecule is CCCn1c(S[C@H](C)c2nc3sc4c(c3c(=O)[nH]2)CC[C@@H](C)C4)n[nH]c1=O. The molecule has 0 saturated carbocycles. The van der Waals surface area contributed by atoms with Crippen LogP contribution in [0.5, 0.6) is 0 Å². The minimum absolute atomic E-state index is 0.0533. The van der Waals surface area contributed by atoms with Crippen molar-refractivity contribution in [3.05, 3.63) is 37.1 Å². The Morgan fingerprint density at radius 2 is 2.22 bits per heavy atom. The Morgan fingerprint density at radius 1 is 1.41 bits per heavy atom. The van der Waals surface area contributed by atoms with E-state index in [-0.39, 0.29) is 16.5 Å². The second-order valence-electron chi connectivity index (χ2n) is 7.21. The van der Waals surface area contributed by atoms with Gasteiger partial charge in [-0.1, -0.05) is 25.6 Å². The van der Waals surface area contributed by atoms with Crippen LogP contribution < -0.4 is 11.2 Å². The Bertz CT molecular complexity index is 1090. The first-order valence-electron chi connectivity index (χ1n) is 9.34. The second-order valence-corrected chi connectivity index (χ2v) is 9.60. The quantitative estimate of drug-likeness (QED) is 0.635. The molecule has 7 nitrogen and oxygen atoms in total. The summed E-state index contributed by atoms with van der Waals surface area (Å²) in [6.07, 6.45) is 3.97. The van der Waals surface area contributed by atoms with Crippen molar-refractivity contribution in [2.45, 2.75) is 63.4 Å². The highest BCUT2D eigenvalue weighted by Gasteiger charge is 2.24. The van der Waals surface area contributed by atoms with Crippen molar-refractivity contribution in [2.75, 3.05) is 0 Å². The van der Waals surface area contributed by atoms with Gasteiger partial charge in [-0.3, -0.25) is 9.36 Å². The van der Waals surface area contributed by atoms with Crippen molar-refractivity contribution in [3.8, 4) is 0 Å². The summed E-state index contributed by atoms with van der Waals surface area (Å²) in [5.74, 6) is 1.29. The molecule has 2 N–H and O–H groups in total. The molecular formula is C18H23N5O2S2. The maximum atomic E-state index is 12.8. The average molecular weight is 406 g/mol. The maximum Gasteiger partial charge on any atom is 0.343 e. The van der Waals surface area contributed by atoms with Gasteiger partial charge in [0.15, 0.2) is 5.16 Å². The van der Waals surface area contributed by atoms with Gasteiger partial charge in [-0.2, -0.15) is 0 Å². The van der Waals surface area contributed by atoms with Crippen LogP contribution in [0.1, 0.15) is 55.1 Å². The third-order valence-electron chi connectivity index (χ3n) is 5.02. The Kier molecular flexibility index (Phi) is 4.98. The first-order chi connectivity index (χ1) is 13.0. The van der Waals surface area contributed by atoms with E-state index in [0.717, 1.165) is 35.9 Å². The monoisotopic (exact) mass is 405 g/mol. The molecule has 1 aliphatic rings. The predicted octanol–water partition coefficient (Wildman–Crippen LogP) is 3.26. The van der Waals surface area contributed by atoms with Crippen LogP contribution in [0.3, 0.4) is 0 Å². The number of H-pyrrole nitrogens is 2. The number of thioether (sulfide) groups is 1. The molecule has 0 amide bonds. The lowest BCUT2D eigenvalue weighted by Gasteiger charge is -2.17. The molecule has 3 aromatic rings. The van der Waals surface area contributed by atoms with Gasteiger partial charge in [0.2, 0.25) is 0 Å². The summed E-state index contributed by atoms with van der Waals surface area (Å²) in [5, 5.41) is 7.89. The first kappa shape index (κ1) is 18.5. The van der Waals surface area contributed by atoms with Crippen LogP contribution in [-0.2, 0) is 19.4 Å². The van der Waals surface area contributed by atoms with Crippen LogP contribution >= 0.6 is 23.1 Å². The second kappa shape index (κ2) is 7.27. The Balaban J connectivity index is 1.68. The van der Waals surface area contributed by atoms with Gasteiger partial charge in [0, 0.05) is 11.4 Å². The zero-order valence-corrected chi connectivity index (χ0v) is 17.3. The van der Waals surface area contributed by atoms with Gasteiger partial charge in [-0.15, -0.1) is 16.4 Å². The number of nitrogens with one attached hydrogen (secondary N) is 2. The summed E-state index contributed by atoms with van der Waals surface area (Å²) in [7, 11) is 0. The van der Waals surface area contributed by atoms with Crippen molar-refractivity contribution >= 4 is 33.3 Å². The first-order valence-corrected chi connectivity index (χ1v) is 11.0. The van der Waals surface area contributed by atoms with E-state index in [2.05, 4.69) is 22.1 Å². The molecule has 4 rings (SSSR count). The molecule has 27 heavy (non-hydrogen) atoms. The normalized spacial score (nSPS) is 18.0. The van der Waals surface area contributed by atoms with Crippen molar-refractivity contribution in [2.24, 2.45) is 5.92 Å². The number of hydrogen-bond acceptors (Lipinski definition) is 6. The summed E-state index contributed by atoms with van der Waals surface area (Å²) in [5.41, 5.74) is 0.934. The molecule has 0 radical (unpaired) electrons. The number of nitrogens with zero attached hydrogens (tertiary/aromatic N) is 3. The van der Waals surface area contributed by atoms with Crippen LogP contribution in [0.4, 0.5) is 0 Å². The van der Waals surface area contributed by atoms with E-state index < -0.39 is 0 Å². The molecule has 2 atom stereocenters. The molecular weight excluding hydrogens is 382 g/mol. The van der Waals surface area contributed by atoms with E-state index in [1.807, 2.05) is 13.8 Å². The number of hydrogen-bond donors (Lipinski definition) is 2. The molecule has 0 unspecified atom stereocenters. The third kappa shape index (κ3) is 3.38. The molecule has 144 valence electrons.